The molecule has 0 saturated heterocycles. The smallest absolute Gasteiger partial charge is 0.397 e. The molecule has 0 bridgehead atoms. The van der Waals surface area contributed by atoms with Crippen LogP contribution in [0.3, 0.4) is 0 Å². The van der Waals surface area contributed by atoms with Crippen molar-refractivity contribution >= 4 is 23.2 Å². The Bertz CT molecular complexity index is 386. The lowest BCUT2D eigenvalue weighted by Gasteiger charge is -2.15. The Morgan fingerprint density at radius 1 is 1.50 bits per heavy atom. The molecule has 0 saturated carbocycles. The second-order valence-corrected chi connectivity index (χ2v) is 4.41. The molecule has 1 aromatic rings. The minimum atomic E-state index is -0.792. The molecule has 0 spiro atoms. The fourth-order valence-corrected chi connectivity index (χ4v) is 2.16. The zero-order valence-electron chi connectivity index (χ0n) is 9.65. The van der Waals surface area contributed by atoms with Crippen LogP contribution in [0.2, 0.25) is 0 Å². The summed E-state index contributed by atoms with van der Waals surface area (Å²) in [5.74, 6) is -1.39. The summed E-state index contributed by atoms with van der Waals surface area (Å²) in [5.41, 5.74) is 1.13. The van der Waals surface area contributed by atoms with E-state index in [0.29, 0.717) is 6.54 Å². The average molecular weight is 241 g/mol. The topological polar surface area (TPSA) is 46.6 Å². The second-order valence-electron chi connectivity index (χ2n) is 3.41. The standard InChI is InChI=1S/C11H15NO3S/c1-4-15-11(14)10(13)12(3)7-9-8(2)5-6-16-9/h5-6H,4,7H2,1-3H3. The highest BCUT2D eigenvalue weighted by atomic mass is 32.1. The van der Waals surface area contributed by atoms with Gasteiger partial charge in [-0.05, 0) is 30.9 Å². The van der Waals surface area contributed by atoms with Gasteiger partial charge in [0.15, 0.2) is 0 Å². The minimum Gasteiger partial charge on any atom is -0.459 e. The third-order valence-electron chi connectivity index (χ3n) is 2.15. The molecule has 1 aromatic heterocycles. The summed E-state index contributed by atoms with van der Waals surface area (Å²) in [5, 5.41) is 1.97. The van der Waals surface area contributed by atoms with Crippen molar-refractivity contribution in [2.75, 3.05) is 13.7 Å². The van der Waals surface area contributed by atoms with E-state index in [4.69, 9.17) is 0 Å². The number of nitrogens with zero attached hydrogens (tertiary/aromatic N) is 1. The van der Waals surface area contributed by atoms with Crippen molar-refractivity contribution in [2.45, 2.75) is 20.4 Å². The van der Waals surface area contributed by atoms with Gasteiger partial charge in [-0.1, -0.05) is 0 Å². The molecule has 1 amide bonds. The highest BCUT2D eigenvalue weighted by molar-refractivity contribution is 7.10. The molecule has 0 N–H and O–H groups in total. The Labute approximate surface area is 98.8 Å². The van der Waals surface area contributed by atoms with Crippen molar-refractivity contribution in [2.24, 2.45) is 0 Å². The van der Waals surface area contributed by atoms with Crippen molar-refractivity contribution in [3.8, 4) is 0 Å². The summed E-state index contributed by atoms with van der Waals surface area (Å²) in [6.07, 6.45) is 0. The Balaban J connectivity index is 2.59. The van der Waals surface area contributed by atoms with E-state index in [1.54, 1.807) is 25.3 Å². The SMILES string of the molecule is CCOC(=O)C(=O)N(C)Cc1sccc1C. The fourth-order valence-electron chi connectivity index (χ4n) is 1.20. The molecule has 0 aliphatic heterocycles. The summed E-state index contributed by atoms with van der Waals surface area (Å²) in [7, 11) is 1.60. The van der Waals surface area contributed by atoms with Gasteiger partial charge in [-0.3, -0.25) is 4.79 Å². The van der Waals surface area contributed by atoms with Gasteiger partial charge in [-0.15, -0.1) is 11.3 Å². The first-order chi connectivity index (χ1) is 7.56. The second kappa shape index (κ2) is 5.65. The first-order valence-electron chi connectivity index (χ1n) is 5.01. The predicted octanol–water partition coefficient (Wildman–Crippen LogP) is 1.58. The summed E-state index contributed by atoms with van der Waals surface area (Å²) in [6.45, 7) is 4.32. The van der Waals surface area contributed by atoms with Crippen LogP contribution in [0.1, 0.15) is 17.4 Å². The monoisotopic (exact) mass is 241 g/mol. The van der Waals surface area contributed by atoms with E-state index in [9.17, 15) is 9.59 Å². The van der Waals surface area contributed by atoms with Crippen LogP contribution >= 0.6 is 11.3 Å². The van der Waals surface area contributed by atoms with Crippen LogP contribution in [0.5, 0.6) is 0 Å². The highest BCUT2D eigenvalue weighted by Gasteiger charge is 2.20. The van der Waals surface area contributed by atoms with Crippen LogP contribution in [0, 0.1) is 6.92 Å². The molecule has 4 nitrogen and oxygen atoms in total. The number of esters is 1. The average Bonchev–Trinajstić information content (AvgIpc) is 2.63. The summed E-state index contributed by atoms with van der Waals surface area (Å²) in [6, 6.07) is 1.99. The van der Waals surface area contributed by atoms with Gasteiger partial charge < -0.3 is 9.64 Å². The number of amides is 1. The van der Waals surface area contributed by atoms with E-state index in [2.05, 4.69) is 4.74 Å². The van der Waals surface area contributed by atoms with Crippen molar-refractivity contribution in [3.63, 3.8) is 0 Å². The van der Waals surface area contributed by atoms with Gasteiger partial charge in [0, 0.05) is 11.9 Å². The molecular formula is C11H15NO3S. The third-order valence-corrected chi connectivity index (χ3v) is 3.15. The molecule has 0 fully saturated rings. The van der Waals surface area contributed by atoms with Crippen LogP contribution < -0.4 is 0 Å². The van der Waals surface area contributed by atoms with E-state index >= 15 is 0 Å². The maximum absolute atomic E-state index is 11.5. The lowest BCUT2D eigenvalue weighted by Crippen LogP contribution is -2.34. The third kappa shape index (κ3) is 3.06. The Morgan fingerprint density at radius 2 is 2.19 bits per heavy atom. The molecule has 1 heterocycles. The number of ether oxygens (including phenoxy) is 1. The Kier molecular flexibility index (Phi) is 4.49. The molecule has 0 unspecified atom stereocenters. The van der Waals surface area contributed by atoms with E-state index in [1.807, 2.05) is 18.4 Å². The molecule has 0 radical (unpaired) electrons. The molecule has 88 valence electrons. The summed E-state index contributed by atoms with van der Waals surface area (Å²) >= 11 is 1.57. The first kappa shape index (κ1) is 12.7. The number of carbonyl (C=O) groups is 2. The zero-order chi connectivity index (χ0) is 12.1. The molecule has 0 atom stereocenters. The van der Waals surface area contributed by atoms with Gasteiger partial charge in [0.2, 0.25) is 0 Å². The van der Waals surface area contributed by atoms with Crippen LogP contribution in [-0.2, 0) is 20.9 Å². The molecule has 0 aromatic carbocycles. The zero-order valence-corrected chi connectivity index (χ0v) is 10.5. The van der Waals surface area contributed by atoms with Crippen LogP contribution in [0.4, 0.5) is 0 Å². The number of aryl methyl sites for hydroxylation is 1. The van der Waals surface area contributed by atoms with Gasteiger partial charge >= 0.3 is 11.9 Å². The van der Waals surface area contributed by atoms with E-state index in [-0.39, 0.29) is 6.61 Å². The quantitative estimate of drug-likeness (QED) is 0.596. The van der Waals surface area contributed by atoms with E-state index in [0.717, 1.165) is 10.4 Å². The lowest BCUT2D eigenvalue weighted by atomic mass is 10.3. The number of thiophene rings is 1. The molecule has 5 heteroatoms. The van der Waals surface area contributed by atoms with E-state index in [1.165, 1.54) is 4.90 Å². The maximum Gasteiger partial charge on any atom is 0.397 e. The van der Waals surface area contributed by atoms with Crippen LogP contribution in [-0.4, -0.2) is 30.4 Å². The Morgan fingerprint density at radius 3 is 2.69 bits per heavy atom. The van der Waals surface area contributed by atoms with E-state index < -0.39 is 11.9 Å². The van der Waals surface area contributed by atoms with Gasteiger partial charge in [0.1, 0.15) is 0 Å². The number of hydrogen-bond donors (Lipinski definition) is 0. The fraction of sp³-hybridized carbons (Fsp3) is 0.455. The summed E-state index contributed by atoms with van der Waals surface area (Å²) in [4.78, 5) is 25.2. The minimum absolute atomic E-state index is 0.219. The predicted molar refractivity (Wildman–Crippen MR) is 62.2 cm³/mol. The summed E-state index contributed by atoms with van der Waals surface area (Å²) < 4.78 is 4.65. The van der Waals surface area contributed by atoms with Crippen molar-refractivity contribution < 1.29 is 14.3 Å². The molecular weight excluding hydrogens is 226 g/mol. The van der Waals surface area contributed by atoms with Gasteiger partial charge in [-0.2, -0.15) is 0 Å². The first-order valence-corrected chi connectivity index (χ1v) is 5.89. The number of rotatable bonds is 3. The van der Waals surface area contributed by atoms with Crippen LogP contribution in [0.25, 0.3) is 0 Å². The van der Waals surface area contributed by atoms with Gasteiger partial charge in [-0.25, -0.2) is 4.79 Å². The van der Waals surface area contributed by atoms with Gasteiger partial charge in [0.05, 0.1) is 13.2 Å². The number of hydrogen-bond acceptors (Lipinski definition) is 4. The van der Waals surface area contributed by atoms with Gasteiger partial charge in [0.25, 0.3) is 0 Å². The van der Waals surface area contributed by atoms with Crippen molar-refractivity contribution in [3.05, 3.63) is 21.9 Å². The molecule has 16 heavy (non-hydrogen) atoms. The largest absolute Gasteiger partial charge is 0.459 e. The van der Waals surface area contributed by atoms with Crippen molar-refractivity contribution in [1.82, 2.24) is 4.90 Å². The maximum atomic E-state index is 11.5. The molecule has 0 aliphatic rings. The van der Waals surface area contributed by atoms with Crippen molar-refractivity contribution in [1.29, 1.82) is 0 Å². The normalized spacial score (nSPS) is 9.94. The van der Waals surface area contributed by atoms with Crippen LogP contribution in [0.15, 0.2) is 11.4 Å². The number of carbonyl (C=O) groups excluding carboxylic acids is 2. The lowest BCUT2D eigenvalue weighted by molar-refractivity contribution is -0.159. The Hall–Kier alpha value is -1.36. The number of likely N-dealkylation sites (N-methyl/N-ethyl adjacent to an activating group) is 1. The highest BCUT2D eigenvalue weighted by Crippen LogP contribution is 2.17. The molecule has 1 rings (SSSR count). The molecule has 0 aliphatic carbocycles.